The molecular weight excluding hydrogens is 242 g/mol. The lowest BCUT2D eigenvalue weighted by Crippen LogP contribution is -2.06. The van der Waals surface area contributed by atoms with Gasteiger partial charge in [-0.25, -0.2) is 9.97 Å². The van der Waals surface area contributed by atoms with Gasteiger partial charge in [-0.05, 0) is 19.8 Å². The molecule has 2 aromatic rings. The Kier molecular flexibility index (Phi) is 3.06. The zero-order chi connectivity index (χ0) is 13.2. The van der Waals surface area contributed by atoms with Crippen LogP contribution in [0.3, 0.4) is 0 Å². The molecule has 0 unspecified atom stereocenters. The van der Waals surface area contributed by atoms with Crippen LogP contribution in [-0.4, -0.2) is 22.2 Å². The first kappa shape index (κ1) is 12.0. The highest BCUT2D eigenvalue weighted by molar-refractivity contribution is 5.48. The summed E-state index contributed by atoms with van der Waals surface area (Å²) in [6.07, 6.45) is 2.38. The summed E-state index contributed by atoms with van der Waals surface area (Å²) in [6.45, 7) is 2.48. The molecule has 6 nitrogen and oxygen atoms in total. The minimum atomic E-state index is 0.531. The zero-order valence-electron chi connectivity index (χ0n) is 11.1. The Morgan fingerprint density at radius 1 is 1.26 bits per heavy atom. The third-order valence-corrected chi connectivity index (χ3v) is 3.07. The lowest BCUT2D eigenvalue weighted by molar-refractivity contribution is 0.391. The van der Waals surface area contributed by atoms with Gasteiger partial charge in [0.15, 0.2) is 0 Å². The van der Waals surface area contributed by atoms with Crippen molar-refractivity contribution in [1.29, 1.82) is 0 Å². The summed E-state index contributed by atoms with van der Waals surface area (Å²) in [6, 6.07) is 3.81. The average molecular weight is 259 g/mol. The van der Waals surface area contributed by atoms with Gasteiger partial charge >= 0.3 is 0 Å². The molecule has 0 saturated heterocycles. The number of rotatable bonds is 5. The van der Waals surface area contributed by atoms with Gasteiger partial charge in [-0.2, -0.15) is 0 Å². The second-order valence-electron chi connectivity index (χ2n) is 4.80. The highest BCUT2D eigenvalue weighted by atomic mass is 16.5. The summed E-state index contributed by atoms with van der Waals surface area (Å²) >= 11 is 0. The van der Waals surface area contributed by atoms with Crippen molar-refractivity contribution in [3.8, 4) is 0 Å². The molecule has 0 amide bonds. The van der Waals surface area contributed by atoms with Gasteiger partial charge in [0.1, 0.15) is 28.9 Å². The highest BCUT2D eigenvalue weighted by Crippen LogP contribution is 2.38. The van der Waals surface area contributed by atoms with Crippen LogP contribution in [0, 0.1) is 6.92 Å². The number of anilines is 2. The molecule has 2 N–H and O–H groups in total. The fraction of sp³-hybridized carbons (Fsp3) is 0.462. The predicted molar refractivity (Wildman–Crippen MR) is 72.1 cm³/mol. The molecule has 100 valence electrons. The number of nitrogens with zero attached hydrogens (tertiary/aromatic N) is 3. The largest absolute Gasteiger partial charge is 0.373 e. The number of aryl methyl sites for hydroxylation is 1. The van der Waals surface area contributed by atoms with E-state index in [0.29, 0.717) is 12.5 Å². The van der Waals surface area contributed by atoms with E-state index in [1.54, 1.807) is 0 Å². The molecule has 0 radical (unpaired) electrons. The maximum absolute atomic E-state index is 5.03. The highest BCUT2D eigenvalue weighted by Gasteiger charge is 2.27. The van der Waals surface area contributed by atoms with E-state index in [0.717, 1.165) is 28.9 Å². The van der Waals surface area contributed by atoms with E-state index in [-0.39, 0.29) is 0 Å². The van der Waals surface area contributed by atoms with Crippen LogP contribution in [0.1, 0.15) is 36.0 Å². The third kappa shape index (κ3) is 2.83. The molecule has 0 spiro atoms. The van der Waals surface area contributed by atoms with Crippen LogP contribution in [0.5, 0.6) is 0 Å². The van der Waals surface area contributed by atoms with Crippen molar-refractivity contribution >= 4 is 11.6 Å². The molecule has 0 bridgehead atoms. The van der Waals surface area contributed by atoms with Crippen molar-refractivity contribution in [2.24, 2.45) is 0 Å². The van der Waals surface area contributed by atoms with Crippen LogP contribution >= 0.6 is 0 Å². The second-order valence-corrected chi connectivity index (χ2v) is 4.80. The van der Waals surface area contributed by atoms with Crippen molar-refractivity contribution in [2.45, 2.75) is 32.2 Å². The summed E-state index contributed by atoms with van der Waals surface area (Å²) in [5, 5.41) is 10.3. The fourth-order valence-electron chi connectivity index (χ4n) is 1.89. The Bertz CT molecular complexity index is 576. The van der Waals surface area contributed by atoms with E-state index in [1.807, 2.05) is 26.1 Å². The van der Waals surface area contributed by atoms with E-state index in [9.17, 15) is 0 Å². The first-order valence-electron chi connectivity index (χ1n) is 6.47. The Morgan fingerprint density at radius 2 is 2.05 bits per heavy atom. The zero-order valence-corrected chi connectivity index (χ0v) is 11.1. The van der Waals surface area contributed by atoms with Gasteiger partial charge in [0.25, 0.3) is 0 Å². The van der Waals surface area contributed by atoms with Gasteiger partial charge in [-0.3, -0.25) is 0 Å². The van der Waals surface area contributed by atoms with E-state index in [1.165, 1.54) is 12.8 Å². The average Bonchev–Trinajstić information content (AvgIpc) is 3.19. The molecule has 1 aliphatic carbocycles. The summed E-state index contributed by atoms with van der Waals surface area (Å²) in [5.41, 5.74) is 0.870. The Hall–Kier alpha value is -2.11. The monoisotopic (exact) mass is 259 g/mol. The summed E-state index contributed by atoms with van der Waals surface area (Å²) < 4.78 is 5.03. The van der Waals surface area contributed by atoms with Crippen molar-refractivity contribution in [2.75, 3.05) is 17.7 Å². The van der Waals surface area contributed by atoms with Crippen LogP contribution in [0.25, 0.3) is 0 Å². The SMILES string of the molecule is CNc1cc(NCc2cc(C)on2)nc(C2CC2)n1. The second kappa shape index (κ2) is 4.87. The smallest absolute Gasteiger partial charge is 0.136 e. The Morgan fingerprint density at radius 3 is 2.68 bits per heavy atom. The first-order valence-corrected chi connectivity index (χ1v) is 6.47. The maximum Gasteiger partial charge on any atom is 0.136 e. The van der Waals surface area contributed by atoms with Crippen LogP contribution in [0.4, 0.5) is 11.6 Å². The summed E-state index contributed by atoms with van der Waals surface area (Å²) in [7, 11) is 1.86. The van der Waals surface area contributed by atoms with Crippen LogP contribution in [-0.2, 0) is 6.54 Å². The number of nitrogens with one attached hydrogen (secondary N) is 2. The molecule has 1 aliphatic rings. The van der Waals surface area contributed by atoms with E-state index >= 15 is 0 Å². The van der Waals surface area contributed by atoms with Gasteiger partial charge in [0.05, 0.1) is 6.54 Å². The van der Waals surface area contributed by atoms with Crippen LogP contribution in [0.15, 0.2) is 16.7 Å². The molecule has 1 saturated carbocycles. The minimum Gasteiger partial charge on any atom is -0.373 e. The quantitative estimate of drug-likeness (QED) is 0.858. The molecule has 19 heavy (non-hydrogen) atoms. The van der Waals surface area contributed by atoms with Gasteiger partial charge < -0.3 is 15.2 Å². The molecular formula is C13H17N5O. The van der Waals surface area contributed by atoms with Gasteiger partial charge in [0.2, 0.25) is 0 Å². The Labute approximate surface area is 111 Å². The minimum absolute atomic E-state index is 0.531. The fourth-order valence-corrected chi connectivity index (χ4v) is 1.89. The maximum atomic E-state index is 5.03. The Balaban J connectivity index is 1.74. The molecule has 0 aromatic carbocycles. The van der Waals surface area contributed by atoms with Crippen molar-refractivity contribution in [3.05, 3.63) is 29.4 Å². The summed E-state index contributed by atoms with van der Waals surface area (Å²) in [4.78, 5) is 9.02. The van der Waals surface area contributed by atoms with Gasteiger partial charge in [-0.15, -0.1) is 0 Å². The van der Waals surface area contributed by atoms with E-state index in [2.05, 4.69) is 25.8 Å². The molecule has 1 fully saturated rings. The standard InChI is InChI=1S/C13H17N5O/c1-8-5-10(18-19-8)7-15-12-6-11(14-2)16-13(17-12)9-3-4-9/h5-6,9H,3-4,7H2,1-2H3,(H2,14,15,16,17). The molecule has 2 aromatic heterocycles. The molecule has 2 heterocycles. The topological polar surface area (TPSA) is 75.9 Å². The number of hydrogen-bond donors (Lipinski definition) is 2. The van der Waals surface area contributed by atoms with Crippen LogP contribution in [0.2, 0.25) is 0 Å². The van der Waals surface area contributed by atoms with Gasteiger partial charge in [0, 0.05) is 25.1 Å². The summed E-state index contributed by atoms with van der Waals surface area (Å²) in [5.74, 6) is 3.93. The third-order valence-electron chi connectivity index (χ3n) is 3.07. The van der Waals surface area contributed by atoms with Gasteiger partial charge in [-0.1, -0.05) is 5.16 Å². The number of aromatic nitrogens is 3. The van der Waals surface area contributed by atoms with Crippen molar-refractivity contribution in [1.82, 2.24) is 15.1 Å². The normalized spacial score (nSPS) is 14.4. The first-order chi connectivity index (χ1) is 9.24. The van der Waals surface area contributed by atoms with E-state index in [4.69, 9.17) is 4.52 Å². The van der Waals surface area contributed by atoms with E-state index < -0.39 is 0 Å². The molecule has 0 aliphatic heterocycles. The molecule has 0 atom stereocenters. The lowest BCUT2D eigenvalue weighted by atomic mass is 10.3. The molecule has 3 rings (SSSR count). The lowest BCUT2D eigenvalue weighted by Gasteiger charge is -2.08. The van der Waals surface area contributed by atoms with Crippen LogP contribution < -0.4 is 10.6 Å². The number of hydrogen-bond acceptors (Lipinski definition) is 6. The predicted octanol–water partition coefficient (Wildman–Crippen LogP) is 2.30. The van der Waals surface area contributed by atoms with Crippen molar-refractivity contribution in [3.63, 3.8) is 0 Å². The van der Waals surface area contributed by atoms with Crippen molar-refractivity contribution < 1.29 is 4.52 Å². The molecule has 6 heteroatoms.